The average Bonchev–Trinajstić information content (AvgIpc) is 3.08. The minimum Gasteiger partial charge on any atom is -0.611 e. The Bertz CT molecular complexity index is 1050. The Kier molecular flexibility index (Phi) is 5.93. The lowest BCUT2D eigenvalue weighted by atomic mass is 10.2. The van der Waals surface area contributed by atoms with Crippen molar-refractivity contribution in [2.24, 2.45) is 0 Å². The zero-order valence-corrected chi connectivity index (χ0v) is 17.6. The Labute approximate surface area is 169 Å². The van der Waals surface area contributed by atoms with E-state index in [9.17, 15) is 17.4 Å². The van der Waals surface area contributed by atoms with Crippen LogP contribution in [0.25, 0.3) is 10.6 Å². The van der Waals surface area contributed by atoms with Gasteiger partial charge in [0.25, 0.3) is 0 Å². The predicted molar refractivity (Wildman–Crippen MR) is 106 cm³/mol. The molecule has 27 heavy (non-hydrogen) atoms. The molecule has 0 saturated heterocycles. The summed E-state index contributed by atoms with van der Waals surface area (Å²) in [4.78, 5) is 4.28. The molecule has 0 aliphatic rings. The van der Waals surface area contributed by atoms with Crippen molar-refractivity contribution in [3.63, 3.8) is 0 Å². The molecule has 0 saturated carbocycles. The summed E-state index contributed by atoms with van der Waals surface area (Å²) < 4.78 is 52.3. The number of halogens is 2. The van der Waals surface area contributed by atoms with Gasteiger partial charge in [0, 0.05) is 21.8 Å². The number of aromatic nitrogens is 1. The molecular formula is C18H15ClFNO3S3. The summed E-state index contributed by atoms with van der Waals surface area (Å²) in [6.07, 6.45) is 0. The summed E-state index contributed by atoms with van der Waals surface area (Å²) in [5.41, 5.74) is 0.556. The van der Waals surface area contributed by atoms with E-state index in [2.05, 4.69) is 4.98 Å². The summed E-state index contributed by atoms with van der Waals surface area (Å²) in [6, 6.07) is 11.3. The molecule has 3 rings (SSSR count). The first kappa shape index (κ1) is 20.3. The number of rotatable bonds is 5. The lowest BCUT2D eigenvalue weighted by molar-refractivity contribution is 0.577. The van der Waals surface area contributed by atoms with Crippen LogP contribution in [0.4, 0.5) is 4.39 Å². The predicted octanol–water partition coefficient (Wildman–Crippen LogP) is 4.95. The van der Waals surface area contributed by atoms with E-state index in [1.165, 1.54) is 48.5 Å². The van der Waals surface area contributed by atoms with E-state index in [1.54, 1.807) is 13.8 Å². The van der Waals surface area contributed by atoms with Crippen molar-refractivity contribution in [1.29, 1.82) is 0 Å². The lowest BCUT2D eigenvalue weighted by Crippen LogP contribution is -2.16. The molecule has 0 aliphatic carbocycles. The smallest absolute Gasteiger partial charge is 0.246 e. The van der Waals surface area contributed by atoms with E-state index in [4.69, 9.17) is 11.6 Å². The molecule has 142 valence electrons. The molecule has 0 bridgehead atoms. The van der Waals surface area contributed by atoms with Crippen LogP contribution in [0.5, 0.6) is 0 Å². The fourth-order valence-corrected chi connectivity index (χ4v) is 7.09. The first-order valence-electron chi connectivity index (χ1n) is 7.88. The highest BCUT2D eigenvalue weighted by atomic mass is 35.5. The molecule has 0 spiro atoms. The maximum atomic E-state index is 13.2. The quantitative estimate of drug-likeness (QED) is 0.523. The highest BCUT2D eigenvalue weighted by molar-refractivity contribution is 7.96. The minimum absolute atomic E-state index is 0.0184. The molecule has 0 fully saturated rings. The van der Waals surface area contributed by atoms with Crippen LogP contribution in [0.1, 0.15) is 13.8 Å². The van der Waals surface area contributed by atoms with Crippen molar-refractivity contribution in [2.75, 3.05) is 0 Å². The van der Waals surface area contributed by atoms with Gasteiger partial charge in [0.1, 0.15) is 16.1 Å². The molecule has 1 aromatic heterocycles. The number of hydrogen-bond donors (Lipinski definition) is 0. The average molecular weight is 444 g/mol. The van der Waals surface area contributed by atoms with Crippen LogP contribution in [0.2, 0.25) is 5.02 Å². The SMILES string of the molecule is CC(C)[S+]([O-])c1sc(-c2ccc(F)cc2)nc1S(=O)(=O)c1ccc(Cl)cc1. The van der Waals surface area contributed by atoms with E-state index in [0.717, 1.165) is 11.3 Å². The fraction of sp³-hybridized carbons (Fsp3) is 0.167. The third-order valence-corrected chi connectivity index (χ3v) is 8.91. The Morgan fingerprint density at radius 3 is 2.26 bits per heavy atom. The van der Waals surface area contributed by atoms with Gasteiger partial charge in [0.05, 0.1) is 4.90 Å². The molecule has 4 nitrogen and oxygen atoms in total. The van der Waals surface area contributed by atoms with Gasteiger partial charge >= 0.3 is 0 Å². The van der Waals surface area contributed by atoms with Crippen molar-refractivity contribution in [2.45, 2.75) is 33.2 Å². The van der Waals surface area contributed by atoms with Crippen LogP contribution in [-0.4, -0.2) is 23.2 Å². The molecule has 3 aromatic rings. The van der Waals surface area contributed by atoms with Crippen LogP contribution < -0.4 is 0 Å². The van der Waals surface area contributed by atoms with Crippen LogP contribution in [0.3, 0.4) is 0 Å². The summed E-state index contributed by atoms with van der Waals surface area (Å²) >= 11 is 5.33. The van der Waals surface area contributed by atoms with Gasteiger partial charge in [-0.25, -0.2) is 17.8 Å². The van der Waals surface area contributed by atoms with Gasteiger partial charge in [-0.05, 0) is 62.4 Å². The van der Waals surface area contributed by atoms with Gasteiger partial charge in [-0.3, -0.25) is 0 Å². The van der Waals surface area contributed by atoms with Gasteiger partial charge in [-0.15, -0.1) is 0 Å². The maximum absolute atomic E-state index is 13.2. The molecule has 2 aromatic carbocycles. The molecular weight excluding hydrogens is 429 g/mol. The summed E-state index contributed by atoms with van der Waals surface area (Å²) in [5.74, 6) is -0.407. The standard InChI is InChI=1S/C18H15ClFNO3S3/c1-11(2)26(22)18-17(27(23,24)15-9-5-13(19)6-10-15)21-16(25-18)12-3-7-14(20)8-4-12/h3-11H,1-2H3. The highest BCUT2D eigenvalue weighted by Gasteiger charge is 2.34. The van der Waals surface area contributed by atoms with Crippen LogP contribution in [0, 0.1) is 5.82 Å². The molecule has 0 N–H and O–H groups in total. The first-order chi connectivity index (χ1) is 12.7. The molecule has 1 unspecified atom stereocenters. The minimum atomic E-state index is -3.99. The van der Waals surface area contributed by atoms with Gasteiger partial charge in [-0.1, -0.05) is 22.9 Å². The highest BCUT2D eigenvalue weighted by Crippen LogP contribution is 2.38. The van der Waals surface area contributed by atoms with Crippen molar-refractivity contribution in [3.8, 4) is 10.6 Å². The van der Waals surface area contributed by atoms with Crippen LogP contribution >= 0.6 is 22.9 Å². The fourth-order valence-electron chi connectivity index (χ4n) is 2.24. The third kappa shape index (κ3) is 4.20. The Morgan fingerprint density at radius 2 is 1.70 bits per heavy atom. The molecule has 1 atom stereocenters. The molecule has 1 heterocycles. The number of hydrogen-bond acceptors (Lipinski definition) is 5. The molecule has 0 aliphatic heterocycles. The number of nitrogens with zero attached hydrogens (tertiary/aromatic N) is 1. The van der Waals surface area contributed by atoms with Crippen molar-refractivity contribution >= 4 is 44.0 Å². The summed E-state index contributed by atoms with van der Waals surface area (Å²) in [7, 11) is -3.99. The first-order valence-corrected chi connectivity index (χ1v) is 11.8. The van der Waals surface area contributed by atoms with E-state index >= 15 is 0 Å². The zero-order chi connectivity index (χ0) is 19.8. The van der Waals surface area contributed by atoms with Crippen LogP contribution in [0.15, 0.2) is 62.7 Å². The van der Waals surface area contributed by atoms with E-state index in [-0.39, 0.29) is 19.4 Å². The number of sulfone groups is 1. The van der Waals surface area contributed by atoms with E-state index in [0.29, 0.717) is 15.6 Å². The van der Waals surface area contributed by atoms with Crippen molar-refractivity contribution in [3.05, 3.63) is 59.4 Å². The van der Waals surface area contributed by atoms with Crippen molar-refractivity contribution in [1.82, 2.24) is 4.98 Å². The van der Waals surface area contributed by atoms with E-state index in [1.807, 2.05) is 0 Å². The zero-order valence-electron chi connectivity index (χ0n) is 14.3. The van der Waals surface area contributed by atoms with Crippen LogP contribution in [-0.2, 0) is 21.0 Å². The summed E-state index contributed by atoms with van der Waals surface area (Å²) in [6.45, 7) is 3.48. The number of thiazole rings is 1. The van der Waals surface area contributed by atoms with Gasteiger partial charge in [0.15, 0.2) is 0 Å². The monoisotopic (exact) mass is 443 g/mol. The maximum Gasteiger partial charge on any atom is 0.246 e. The van der Waals surface area contributed by atoms with Gasteiger partial charge in [-0.2, -0.15) is 0 Å². The second-order valence-corrected chi connectivity index (χ2v) is 11.4. The lowest BCUT2D eigenvalue weighted by Gasteiger charge is -2.13. The van der Waals surface area contributed by atoms with Gasteiger partial charge in [0.2, 0.25) is 19.1 Å². The number of benzene rings is 2. The second kappa shape index (κ2) is 7.89. The molecule has 0 amide bonds. The Balaban J connectivity index is 2.18. The molecule has 9 heteroatoms. The second-order valence-electron chi connectivity index (χ2n) is 5.92. The molecule has 0 radical (unpaired) electrons. The van der Waals surface area contributed by atoms with E-state index < -0.39 is 26.8 Å². The Morgan fingerprint density at radius 1 is 1.11 bits per heavy atom. The topological polar surface area (TPSA) is 70.1 Å². The Hall–Kier alpha value is -1.45. The van der Waals surface area contributed by atoms with Gasteiger partial charge < -0.3 is 4.55 Å². The largest absolute Gasteiger partial charge is 0.611 e. The third-order valence-electron chi connectivity index (χ3n) is 3.65. The van der Waals surface area contributed by atoms with Crippen molar-refractivity contribution < 1.29 is 17.4 Å². The summed E-state index contributed by atoms with van der Waals surface area (Å²) in [5, 5.41) is 0.253. The normalized spacial score (nSPS) is 13.1.